The third-order valence-corrected chi connectivity index (χ3v) is 6.61. The first-order valence-corrected chi connectivity index (χ1v) is 14.0. The van der Waals surface area contributed by atoms with Gasteiger partial charge in [-0.15, -0.1) is 0 Å². The summed E-state index contributed by atoms with van der Waals surface area (Å²) in [5.74, 6) is -1.49. The maximum atomic E-state index is 12.6. The van der Waals surface area contributed by atoms with Crippen molar-refractivity contribution in [1.82, 2.24) is 15.1 Å². The summed E-state index contributed by atoms with van der Waals surface area (Å²) in [5.41, 5.74) is 2.48. The number of benzene rings is 3. The SMILES string of the molecule is O=C(CN1CCN(C(=O)OCc2ccccc2)CC1=O)Nc1cccc(C(=O)NCCCC(=O)OCc2ccccc2)c1. The van der Waals surface area contributed by atoms with Crippen molar-refractivity contribution < 1.29 is 33.4 Å². The lowest BCUT2D eigenvalue weighted by atomic mass is 10.2. The molecule has 3 aromatic carbocycles. The topological polar surface area (TPSA) is 134 Å². The van der Waals surface area contributed by atoms with Crippen LogP contribution >= 0.6 is 0 Å². The van der Waals surface area contributed by atoms with E-state index < -0.39 is 12.0 Å². The van der Waals surface area contributed by atoms with E-state index in [2.05, 4.69) is 10.6 Å². The molecule has 11 heteroatoms. The fraction of sp³-hybridized carbons (Fsp3) is 0.281. The highest BCUT2D eigenvalue weighted by Crippen LogP contribution is 2.13. The summed E-state index contributed by atoms with van der Waals surface area (Å²) in [4.78, 5) is 64.8. The lowest BCUT2D eigenvalue weighted by Gasteiger charge is -2.33. The molecule has 0 saturated carbocycles. The molecule has 43 heavy (non-hydrogen) atoms. The Morgan fingerprint density at radius 3 is 2.14 bits per heavy atom. The molecule has 1 fully saturated rings. The molecule has 1 heterocycles. The van der Waals surface area contributed by atoms with Crippen LogP contribution in [0.25, 0.3) is 0 Å². The van der Waals surface area contributed by atoms with Crippen molar-refractivity contribution in [3.8, 4) is 0 Å². The number of amides is 4. The van der Waals surface area contributed by atoms with Gasteiger partial charge in [0, 0.05) is 37.3 Å². The number of nitrogens with one attached hydrogen (secondary N) is 2. The first kappa shape index (κ1) is 30.8. The largest absolute Gasteiger partial charge is 0.461 e. The van der Waals surface area contributed by atoms with Crippen molar-refractivity contribution in [1.29, 1.82) is 0 Å². The van der Waals surface area contributed by atoms with Crippen molar-refractivity contribution in [3.63, 3.8) is 0 Å². The van der Waals surface area contributed by atoms with Gasteiger partial charge >= 0.3 is 12.1 Å². The van der Waals surface area contributed by atoms with E-state index in [0.717, 1.165) is 11.1 Å². The fourth-order valence-electron chi connectivity index (χ4n) is 4.30. The van der Waals surface area contributed by atoms with E-state index in [-0.39, 0.29) is 70.1 Å². The van der Waals surface area contributed by atoms with Gasteiger partial charge in [0.25, 0.3) is 5.91 Å². The van der Waals surface area contributed by atoms with Crippen LogP contribution in [-0.4, -0.2) is 72.3 Å². The zero-order chi connectivity index (χ0) is 30.4. The van der Waals surface area contributed by atoms with E-state index in [0.29, 0.717) is 17.7 Å². The van der Waals surface area contributed by atoms with Crippen LogP contribution in [0.1, 0.15) is 34.3 Å². The Kier molecular flexibility index (Phi) is 11.2. The quantitative estimate of drug-likeness (QED) is 0.246. The molecular weight excluding hydrogens is 552 g/mol. The van der Waals surface area contributed by atoms with E-state index in [9.17, 15) is 24.0 Å². The van der Waals surface area contributed by atoms with Gasteiger partial charge in [-0.2, -0.15) is 0 Å². The molecule has 4 rings (SSSR count). The van der Waals surface area contributed by atoms with Gasteiger partial charge in [0.2, 0.25) is 11.8 Å². The summed E-state index contributed by atoms with van der Waals surface area (Å²) in [7, 11) is 0. The van der Waals surface area contributed by atoms with Crippen LogP contribution in [-0.2, 0) is 37.1 Å². The van der Waals surface area contributed by atoms with E-state index in [4.69, 9.17) is 9.47 Å². The molecule has 11 nitrogen and oxygen atoms in total. The number of anilines is 1. The Bertz CT molecular complexity index is 1420. The number of piperazine rings is 1. The number of hydrogen-bond acceptors (Lipinski definition) is 7. The summed E-state index contributed by atoms with van der Waals surface area (Å²) in [6.07, 6.45) is 0.00627. The molecule has 0 unspecified atom stereocenters. The summed E-state index contributed by atoms with van der Waals surface area (Å²) >= 11 is 0. The minimum Gasteiger partial charge on any atom is -0.461 e. The van der Waals surface area contributed by atoms with Gasteiger partial charge in [-0.25, -0.2) is 4.79 Å². The van der Waals surface area contributed by atoms with Crippen LogP contribution in [0, 0.1) is 0 Å². The minimum atomic E-state index is -0.584. The highest BCUT2D eigenvalue weighted by Gasteiger charge is 2.29. The number of ether oxygens (including phenoxy) is 2. The number of nitrogens with zero attached hydrogens (tertiary/aromatic N) is 2. The van der Waals surface area contributed by atoms with Crippen LogP contribution in [0.3, 0.4) is 0 Å². The maximum absolute atomic E-state index is 12.6. The second-order valence-corrected chi connectivity index (χ2v) is 9.91. The van der Waals surface area contributed by atoms with Crippen LogP contribution in [0.4, 0.5) is 10.5 Å². The maximum Gasteiger partial charge on any atom is 0.410 e. The molecule has 0 aromatic heterocycles. The smallest absolute Gasteiger partial charge is 0.410 e. The standard InChI is InChI=1S/C32H34N4O7/c37-28(20-35-17-18-36(21-29(35)38)32(41)43-23-25-11-5-2-6-12-25)34-27-14-7-13-26(19-27)31(40)33-16-8-15-30(39)42-22-24-9-3-1-4-10-24/h1-7,9-14,19H,8,15-18,20-23H2,(H,33,40)(H,34,37). The minimum absolute atomic E-state index is 0.109. The van der Waals surface area contributed by atoms with Gasteiger partial charge < -0.3 is 25.0 Å². The Hall–Kier alpha value is -5.19. The number of rotatable bonds is 12. The zero-order valence-corrected chi connectivity index (χ0v) is 23.7. The lowest BCUT2D eigenvalue weighted by Crippen LogP contribution is -2.53. The van der Waals surface area contributed by atoms with Crippen molar-refractivity contribution in [2.45, 2.75) is 26.1 Å². The molecule has 0 radical (unpaired) electrons. The Balaban J connectivity index is 1.15. The first-order chi connectivity index (χ1) is 20.9. The number of hydrogen-bond donors (Lipinski definition) is 2. The van der Waals surface area contributed by atoms with E-state index in [1.807, 2.05) is 60.7 Å². The molecule has 0 bridgehead atoms. The Morgan fingerprint density at radius 2 is 1.47 bits per heavy atom. The van der Waals surface area contributed by atoms with E-state index in [1.165, 1.54) is 15.9 Å². The van der Waals surface area contributed by atoms with Crippen LogP contribution in [0.5, 0.6) is 0 Å². The Labute approximate surface area is 249 Å². The molecule has 2 N–H and O–H groups in total. The third kappa shape index (κ3) is 9.99. The van der Waals surface area contributed by atoms with Gasteiger partial charge in [-0.3, -0.25) is 24.1 Å². The van der Waals surface area contributed by atoms with Crippen molar-refractivity contribution in [3.05, 3.63) is 102 Å². The highest BCUT2D eigenvalue weighted by atomic mass is 16.6. The summed E-state index contributed by atoms with van der Waals surface area (Å²) in [5, 5.41) is 5.46. The van der Waals surface area contributed by atoms with E-state index in [1.54, 1.807) is 18.2 Å². The number of carbonyl (C=O) groups excluding carboxylic acids is 5. The predicted molar refractivity (Wildman–Crippen MR) is 158 cm³/mol. The van der Waals surface area contributed by atoms with Crippen LogP contribution in [0.15, 0.2) is 84.9 Å². The molecule has 224 valence electrons. The molecular formula is C32H34N4O7. The molecule has 0 aliphatic carbocycles. The van der Waals surface area contributed by atoms with Crippen LogP contribution < -0.4 is 10.6 Å². The van der Waals surface area contributed by atoms with Crippen molar-refractivity contribution in [2.75, 3.05) is 38.0 Å². The summed E-state index contributed by atoms with van der Waals surface area (Å²) in [6, 6.07) is 25.0. The zero-order valence-electron chi connectivity index (χ0n) is 23.7. The fourth-order valence-corrected chi connectivity index (χ4v) is 4.30. The highest BCUT2D eigenvalue weighted by molar-refractivity contribution is 5.98. The predicted octanol–water partition coefficient (Wildman–Crippen LogP) is 3.36. The first-order valence-electron chi connectivity index (χ1n) is 14.0. The van der Waals surface area contributed by atoms with Crippen molar-refractivity contribution in [2.24, 2.45) is 0 Å². The molecule has 4 amide bonds. The summed E-state index contributed by atoms with van der Waals surface area (Å²) < 4.78 is 10.5. The number of esters is 1. The molecule has 1 aliphatic rings. The second kappa shape index (κ2) is 15.7. The van der Waals surface area contributed by atoms with Gasteiger partial charge in [-0.05, 0) is 35.7 Å². The molecule has 0 atom stereocenters. The lowest BCUT2D eigenvalue weighted by molar-refractivity contribution is -0.145. The van der Waals surface area contributed by atoms with Gasteiger partial charge in [0.15, 0.2) is 0 Å². The molecule has 1 saturated heterocycles. The van der Waals surface area contributed by atoms with Gasteiger partial charge in [0.1, 0.15) is 19.8 Å². The third-order valence-electron chi connectivity index (χ3n) is 6.61. The average molecular weight is 587 g/mol. The monoisotopic (exact) mass is 586 g/mol. The molecule has 0 spiro atoms. The van der Waals surface area contributed by atoms with Crippen molar-refractivity contribution >= 4 is 35.5 Å². The molecule has 1 aliphatic heterocycles. The van der Waals surface area contributed by atoms with Gasteiger partial charge in [-0.1, -0.05) is 66.7 Å². The van der Waals surface area contributed by atoms with E-state index >= 15 is 0 Å². The Morgan fingerprint density at radius 1 is 0.791 bits per heavy atom. The van der Waals surface area contributed by atoms with Crippen LogP contribution in [0.2, 0.25) is 0 Å². The average Bonchev–Trinajstić information content (AvgIpc) is 3.03. The number of carbonyl (C=O) groups is 5. The van der Waals surface area contributed by atoms with Gasteiger partial charge in [0.05, 0.1) is 6.54 Å². The normalized spacial score (nSPS) is 12.8. The summed E-state index contributed by atoms with van der Waals surface area (Å²) in [6.45, 7) is 0.658. The molecule has 3 aromatic rings. The second-order valence-electron chi connectivity index (χ2n) is 9.91.